The van der Waals surface area contributed by atoms with E-state index in [1.165, 1.54) is 12.5 Å². The quantitative estimate of drug-likeness (QED) is 0.620. The SMILES string of the molecule is C=CC(=O)N1C[C@H](C(C)C)CC[C@H]1C. The summed E-state index contributed by atoms with van der Waals surface area (Å²) in [5.41, 5.74) is 0. The first-order valence-electron chi connectivity index (χ1n) is 5.49. The zero-order valence-corrected chi connectivity index (χ0v) is 9.49. The molecule has 0 N–H and O–H groups in total. The zero-order chi connectivity index (χ0) is 10.7. The number of hydrogen-bond donors (Lipinski definition) is 0. The van der Waals surface area contributed by atoms with E-state index in [9.17, 15) is 4.79 Å². The molecule has 2 heteroatoms. The number of rotatable bonds is 2. The summed E-state index contributed by atoms with van der Waals surface area (Å²) >= 11 is 0. The smallest absolute Gasteiger partial charge is 0.246 e. The number of nitrogens with zero attached hydrogens (tertiary/aromatic N) is 1. The third kappa shape index (κ3) is 2.37. The van der Waals surface area contributed by atoms with Crippen LogP contribution in [0.5, 0.6) is 0 Å². The predicted molar refractivity (Wildman–Crippen MR) is 58.9 cm³/mol. The van der Waals surface area contributed by atoms with Gasteiger partial charge >= 0.3 is 0 Å². The standard InChI is InChI=1S/C12H21NO/c1-5-12(14)13-8-11(9(2)3)7-6-10(13)4/h5,9-11H,1,6-8H2,2-4H3/t10-,11-/m1/s1. The van der Waals surface area contributed by atoms with Crippen molar-refractivity contribution in [3.05, 3.63) is 12.7 Å². The van der Waals surface area contributed by atoms with E-state index >= 15 is 0 Å². The Hall–Kier alpha value is -0.790. The Balaban J connectivity index is 2.64. The predicted octanol–water partition coefficient (Wildman–Crippen LogP) is 2.46. The van der Waals surface area contributed by atoms with E-state index in [4.69, 9.17) is 0 Å². The second-order valence-corrected chi connectivity index (χ2v) is 4.63. The number of hydrogen-bond acceptors (Lipinski definition) is 1. The summed E-state index contributed by atoms with van der Waals surface area (Å²) in [6.07, 6.45) is 3.81. The van der Waals surface area contributed by atoms with Crippen molar-refractivity contribution in [2.24, 2.45) is 11.8 Å². The van der Waals surface area contributed by atoms with E-state index in [1.54, 1.807) is 0 Å². The second kappa shape index (κ2) is 4.63. The third-order valence-electron chi connectivity index (χ3n) is 3.32. The van der Waals surface area contributed by atoms with Crippen LogP contribution in [0.15, 0.2) is 12.7 Å². The molecule has 0 aliphatic carbocycles. The largest absolute Gasteiger partial charge is 0.336 e. The Kier molecular flexibility index (Phi) is 3.73. The van der Waals surface area contributed by atoms with Crippen LogP contribution in [-0.2, 0) is 4.79 Å². The minimum atomic E-state index is 0.0860. The van der Waals surface area contributed by atoms with Crippen LogP contribution in [-0.4, -0.2) is 23.4 Å². The summed E-state index contributed by atoms with van der Waals surface area (Å²) in [5, 5.41) is 0. The van der Waals surface area contributed by atoms with E-state index < -0.39 is 0 Å². The lowest BCUT2D eigenvalue weighted by atomic mass is 9.85. The molecule has 1 heterocycles. The Bertz CT molecular complexity index is 222. The Morgan fingerprint density at radius 1 is 1.50 bits per heavy atom. The van der Waals surface area contributed by atoms with Gasteiger partial charge in [0.05, 0.1) is 0 Å². The molecule has 0 unspecified atom stereocenters. The van der Waals surface area contributed by atoms with Crippen LogP contribution in [0.4, 0.5) is 0 Å². The van der Waals surface area contributed by atoms with Gasteiger partial charge in [0.25, 0.3) is 0 Å². The van der Waals surface area contributed by atoms with Crippen molar-refractivity contribution < 1.29 is 4.79 Å². The molecule has 0 aromatic rings. The van der Waals surface area contributed by atoms with Crippen molar-refractivity contribution in [3.63, 3.8) is 0 Å². The first-order chi connectivity index (χ1) is 6.56. The molecule has 80 valence electrons. The van der Waals surface area contributed by atoms with E-state index in [0.29, 0.717) is 17.9 Å². The average Bonchev–Trinajstić information content (AvgIpc) is 2.17. The zero-order valence-electron chi connectivity index (χ0n) is 9.49. The van der Waals surface area contributed by atoms with Gasteiger partial charge < -0.3 is 4.90 Å². The molecule has 0 aromatic heterocycles. The monoisotopic (exact) mass is 195 g/mol. The van der Waals surface area contributed by atoms with Crippen LogP contribution in [0, 0.1) is 11.8 Å². The van der Waals surface area contributed by atoms with Gasteiger partial charge in [-0.2, -0.15) is 0 Å². The van der Waals surface area contributed by atoms with Gasteiger partial charge in [-0.15, -0.1) is 0 Å². The molecule has 1 amide bonds. The number of amides is 1. The molecular weight excluding hydrogens is 174 g/mol. The fourth-order valence-electron chi connectivity index (χ4n) is 2.10. The maximum absolute atomic E-state index is 11.6. The highest BCUT2D eigenvalue weighted by Crippen LogP contribution is 2.27. The number of carbonyl (C=O) groups excluding carboxylic acids is 1. The number of piperidine rings is 1. The maximum atomic E-state index is 11.6. The molecule has 1 aliphatic heterocycles. The third-order valence-corrected chi connectivity index (χ3v) is 3.32. The molecule has 1 fully saturated rings. The van der Waals surface area contributed by atoms with Crippen molar-refractivity contribution in [2.45, 2.75) is 39.7 Å². The van der Waals surface area contributed by atoms with E-state index in [-0.39, 0.29) is 5.91 Å². The van der Waals surface area contributed by atoms with Gasteiger partial charge in [0, 0.05) is 12.6 Å². The molecule has 0 spiro atoms. The molecular formula is C12H21NO. The Morgan fingerprint density at radius 2 is 2.14 bits per heavy atom. The van der Waals surface area contributed by atoms with Gasteiger partial charge in [-0.25, -0.2) is 0 Å². The lowest BCUT2D eigenvalue weighted by Crippen LogP contribution is -2.45. The molecule has 0 aromatic carbocycles. The molecule has 1 aliphatic rings. The Labute approximate surface area is 87.0 Å². The molecule has 0 radical (unpaired) electrons. The molecule has 2 nitrogen and oxygen atoms in total. The number of carbonyl (C=O) groups is 1. The molecule has 2 atom stereocenters. The molecule has 0 bridgehead atoms. The first-order valence-corrected chi connectivity index (χ1v) is 5.49. The van der Waals surface area contributed by atoms with Crippen LogP contribution in [0.25, 0.3) is 0 Å². The maximum Gasteiger partial charge on any atom is 0.246 e. The van der Waals surface area contributed by atoms with Crippen molar-refractivity contribution >= 4 is 5.91 Å². The van der Waals surface area contributed by atoms with E-state index in [2.05, 4.69) is 27.4 Å². The minimum absolute atomic E-state index is 0.0860. The van der Waals surface area contributed by atoms with Crippen LogP contribution >= 0.6 is 0 Å². The van der Waals surface area contributed by atoms with Crippen LogP contribution < -0.4 is 0 Å². The molecule has 1 saturated heterocycles. The van der Waals surface area contributed by atoms with Gasteiger partial charge in [0.1, 0.15) is 0 Å². The van der Waals surface area contributed by atoms with Crippen LogP contribution in [0.1, 0.15) is 33.6 Å². The number of likely N-dealkylation sites (tertiary alicyclic amines) is 1. The summed E-state index contributed by atoms with van der Waals surface area (Å²) in [4.78, 5) is 13.5. The lowest BCUT2D eigenvalue weighted by Gasteiger charge is -2.39. The topological polar surface area (TPSA) is 20.3 Å². The summed E-state index contributed by atoms with van der Waals surface area (Å²) in [6.45, 7) is 11.0. The van der Waals surface area contributed by atoms with Gasteiger partial charge in [0.2, 0.25) is 5.91 Å². The summed E-state index contributed by atoms with van der Waals surface area (Å²) in [6, 6.07) is 0.385. The van der Waals surface area contributed by atoms with Crippen molar-refractivity contribution in [2.75, 3.05) is 6.54 Å². The van der Waals surface area contributed by atoms with Crippen LogP contribution in [0.2, 0.25) is 0 Å². The summed E-state index contributed by atoms with van der Waals surface area (Å²) in [7, 11) is 0. The average molecular weight is 195 g/mol. The highest BCUT2D eigenvalue weighted by Gasteiger charge is 2.28. The van der Waals surface area contributed by atoms with Gasteiger partial charge in [0.15, 0.2) is 0 Å². The van der Waals surface area contributed by atoms with E-state index in [0.717, 1.165) is 13.0 Å². The van der Waals surface area contributed by atoms with Crippen LogP contribution in [0.3, 0.4) is 0 Å². The molecule has 14 heavy (non-hydrogen) atoms. The van der Waals surface area contributed by atoms with Gasteiger partial charge in [-0.05, 0) is 37.7 Å². The molecule has 1 rings (SSSR count). The highest BCUT2D eigenvalue weighted by molar-refractivity contribution is 5.87. The fourth-order valence-corrected chi connectivity index (χ4v) is 2.10. The van der Waals surface area contributed by atoms with E-state index in [1.807, 2.05) is 4.90 Å². The van der Waals surface area contributed by atoms with Gasteiger partial charge in [-0.1, -0.05) is 20.4 Å². The normalized spacial score (nSPS) is 27.9. The molecule has 0 saturated carbocycles. The van der Waals surface area contributed by atoms with Gasteiger partial charge in [-0.3, -0.25) is 4.79 Å². The highest BCUT2D eigenvalue weighted by atomic mass is 16.2. The first kappa shape index (κ1) is 11.3. The summed E-state index contributed by atoms with van der Waals surface area (Å²) < 4.78 is 0. The van der Waals surface area contributed by atoms with Crippen molar-refractivity contribution in [1.29, 1.82) is 0 Å². The summed E-state index contributed by atoms with van der Waals surface area (Å²) in [5.74, 6) is 1.42. The lowest BCUT2D eigenvalue weighted by molar-refractivity contribution is -0.130. The fraction of sp³-hybridized carbons (Fsp3) is 0.750. The van der Waals surface area contributed by atoms with Crippen molar-refractivity contribution in [1.82, 2.24) is 4.90 Å². The Morgan fingerprint density at radius 3 is 2.64 bits per heavy atom. The second-order valence-electron chi connectivity index (χ2n) is 4.63. The minimum Gasteiger partial charge on any atom is -0.336 e. The van der Waals surface area contributed by atoms with Crippen molar-refractivity contribution in [3.8, 4) is 0 Å².